The summed E-state index contributed by atoms with van der Waals surface area (Å²) in [6.07, 6.45) is 1.72. The molecule has 0 unspecified atom stereocenters. The molecule has 0 bridgehead atoms. The average molecular weight is 183 g/mol. The van der Waals surface area contributed by atoms with E-state index in [9.17, 15) is 0 Å². The SMILES string of the molecule is CNCCN(C)Cc1nncn1C. The minimum Gasteiger partial charge on any atom is -0.320 e. The van der Waals surface area contributed by atoms with E-state index in [1.165, 1.54) is 0 Å². The third kappa shape index (κ3) is 3.12. The fourth-order valence-corrected chi connectivity index (χ4v) is 1.07. The third-order valence-corrected chi connectivity index (χ3v) is 1.96. The number of nitrogens with zero attached hydrogens (tertiary/aromatic N) is 4. The molecule has 1 aromatic rings. The van der Waals surface area contributed by atoms with Crippen molar-refractivity contribution < 1.29 is 0 Å². The highest BCUT2D eigenvalue weighted by Crippen LogP contribution is 1.95. The molecule has 1 aromatic heterocycles. The van der Waals surface area contributed by atoms with Crippen LogP contribution >= 0.6 is 0 Å². The van der Waals surface area contributed by atoms with E-state index < -0.39 is 0 Å². The standard InChI is InChI=1S/C8H17N5/c1-9-4-5-12(2)6-8-11-10-7-13(8)3/h7,9H,4-6H2,1-3H3. The molecule has 0 fully saturated rings. The summed E-state index contributed by atoms with van der Waals surface area (Å²) in [4.78, 5) is 2.21. The summed E-state index contributed by atoms with van der Waals surface area (Å²) in [5.41, 5.74) is 0. The first kappa shape index (κ1) is 10.1. The van der Waals surface area contributed by atoms with Gasteiger partial charge in [-0.3, -0.25) is 4.90 Å². The number of aryl methyl sites for hydroxylation is 1. The highest BCUT2D eigenvalue weighted by molar-refractivity contribution is 4.83. The van der Waals surface area contributed by atoms with Crippen molar-refractivity contribution in [3.63, 3.8) is 0 Å². The van der Waals surface area contributed by atoms with Gasteiger partial charge in [0, 0.05) is 20.1 Å². The van der Waals surface area contributed by atoms with Gasteiger partial charge < -0.3 is 9.88 Å². The third-order valence-electron chi connectivity index (χ3n) is 1.96. The maximum absolute atomic E-state index is 4.01. The Balaban J connectivity index is 2.36. The molecule has 1 rings (SSSR count). The fourth-order valence-electron chi connectivity index (χ4n) is 1.07. The first-order valence-electron chi connectivity index (χ1n) is 4.40. The van der Waals surface area contributed by atoms with Gasteiger partial charge in [0.25, 0.3) is 0 Å². The number of hydrogen-bond acceptors (Lipinski definition) is 4. The van der Waals surface area contributed by atoms with Gasteiger partial charge >= 0.3 is 0 Å². The number of hydrogen-bond donors (Lipinski definition) is 1. The largest absolute Gasteiger partial charge is 0.320 e. The Hall–Kier alpha value is -0.940. The summed E-state index contributed by atoms with van der Waals surface area (Å²) in [7, 11) is 5.99. The van der Waals surface area contributed by atoms with Crippen molar-refractivity contribution in [2.24, 2.45) is 7.05 Å². The average Bonchev–Trinajstić information content (AvgIpc) is 2.48. The van der Waals surface area contributed by atoms with Crippen molar-refractivity contribution in [3.05, 3.63) is 12.2 Å². The topological polar surface area (TPSA) is 46.0 Å². The highest BCUT2D eigenvalue weighted by atomic mass is 15.3. The number of nitrogens with one attached hydrogen (secondary N) is 1. The first-order chi connectivity index (χ1) is 6.24. The number of rotatable bonds is 5. The van der Waals surface area contributed by atoms with E-state index in [4.69, 9.17) is 0 Å². The van der Waals surface area contributed by atoms with Gasteiger partial charge in [-0.15, -0.1) is 10.2 Å². The molecule has 0 aliphatic heterocycles. The molecule has 0 saturated heterocycles. The van der Waals surface area contributed by atoms with Gasteiger partial charge in [0.2, 0.25) is 0 Å². The molecule has 5 heteroatoms. The first-order valence-corrected chi connectivity index (χ1v) is 4.40. The van der Waals surface area contributed by atoms with E-state index in [0.717, 1.165) is 25.5 Å². The highest BCUT2D eigenvalue weighted by Gasteiger charge is 2.03. The monoisotopic (exact) mass is 183 g/mol. The molecule has 0 aliphatic rings. The van der Waals surface area contributed by atoms with Crippen LogP contribution in [0.15, 0.2) is 6.33 Å². The van der Waals surface area contributed by atoms with E-state index in [2.05, 4.69) is 27.5 Å². The Labute approximate surface area is 78.8 Å². The normalized spacial score (nSPS) is 11.1. The lowest BCUT2D eigenvalue weighted by molar-refractivity contribution is 0.316. The zero-order valence-corrected chi connectivity index (χ0v) is 8.49. The minimum atomic E-state index is 0.845. The molecule has 13 heavy (non-hydrogen) atoms. The number of likely N-dealkylation sites (N-methyl/N-ethyl adjacent to an activating group) is 2. The van der Waals surface area contributed by atoms with Crippen LogP contribution in [0.5, 0.6) is 0 Å². The van der Waals surface area contributed by atoms with Crippen molar-refractivity contribution in [2.45, 2.75) is 6.54 Å². The van der Waals surface area contributed by atoms with Crippen molar-refractivity contribution >= 4 is 0 Å². The molecule has 1 N–H and O–H groups in total. The summed E-state index contributed by atoms with van der Waals surface area (Å²) in [6.45, 7) is 2.86. The Morgan fingerprint density at radius 1 is 1.62 bits per heavy atom. The molecule has 0 saturated carbocycles. The Bertz CT molecular complexity index is 244. The molecule has 0 spiro atoms. The van der Waals surface area contributed by atoms with Gasteiger partial charge in [0.1, 0.15) is 12.2 Å². The van der Waals surface area contributed by atoms with Gasteiger partial charge in [-0.1, -0.05) is 0 Å². The lowest BCUT2D eigenvalue weighted by atomic mass is 10.5. The molecule has 0 amide bonds. The van der Waals surface area contributed by atoms with Crippen molar-refractivity contribution in [1.82, 2.24) is 25.0 Å². The maximum Gasteiger partial charge on any atom is 0.146 e. The van der Waals surface area contributed by atoms with Crippen LogP contribution < -0.4 is 5.32 Å². The van der Waals surface area contributed by atoms with Crippen molar-refractivity contribution in [3.8, 4) is 0 Å². The second-order valence-electron chi connectivity index (χ2n) is 3.20. The van der Waals surface area contributed by atoms with Crippen molar-refractivity contribution in [2.75, 3.05) is 27.2 Å². The Kier molecular flexibility index (Phi) is 3.85. The molecule has 5 nitrogen and oxygen atoms in total. The van der Waals surface area contributed by atoms with Crippen molar-refractivity contribution in [1.29, 1.82) is 0 Å². The lowest BCUT2D eigenvalue weighted by Gasteiger charge is -2.14. The second kappa shape index (κ2) is 4.94. The van der Waals surface area contributed by atoms with E-state index in [1.807, 2.05) is 18.7 Å². The molecular formula is C8H17N5. The van der Waals surface area contributed by atoms with Crippen LogP contribution in [-0.4, -0.2) is 46.8 Å². The molecule has 1 heterocycles. The molecule has 0 aromatic carbocycles. The van der Waals surface area contributed by atoms with Crippen LogP contribution in [0, 0.1) is 0 Å². The fraction of sp³-hybridized carbons (Fsp3) is 0.750. The summed E-state index contributed by atoms with van der Waals surface area (Å²) in [5, 5.41) is 10.9. The molecule has 0 aliphatic carbocycles. The smallest absolute Gasteiger partial charge is 0.146 e. The lowest BCUT2D eigenvalue weighted by Crippen LogP contribution is -2.27. The summed E-state index contributed by atoms with van der Waals surface area (Å²) in [5.74, 6) is 0.999. The zero-order chi connectivity index (χ0) is 9.68. The van der Waals surface area contributed by atoms with Crippen LogP contribution in [0.2, 0.25) is 0 Å². The summed E-state index contributed by atoms with van der Waals surface area (Å²) in [6, 6.07) is 0. The summed E-state index contributed by atoms with van der Waals surface area (Å²) >= 11 is 0. The Morgan fingerprint density at radius 3 is 2.92 bits per heavy atom. The zero-order valence-electron chi connectivity index (χ0n) is 8.49. The van der Waals surface area contributed by atoms with Crippen LogP contribution in [0.3, 0.4) is 0 Å². The predicted octanol–water partition coefficient (Wildman–Crippen LogP) is -0.534. The predicted molar refractivity (Wildman–Crippen MR) is 51.3 cm³/mol. The molecular weight excluding hydrogens is 166 g/mol. The van der Waals surface area contributed by atoms with Crippen LogP contribution in [0.25, 0.3) is 0 Å². The summed E-state index contributed by atoms with van der Waals surface area (Å²) < 4.78 is 1.94. The second-order valence-corrected chi connectivity index (χ2v) is 3.20. The maximum atomic E-state index is 4.01. The van der Waals surface area contributed by atoms with Gasteiger partial charge in [-0.05, 0) is 14.1 Å². The van der Waals surface area contributed by atoms with Gasteiger partial charge in [0.15, 0.2) is 0 Å². The van der Waals surface area contributed by atoms with Crippen LogP contribution in [0.1, 0.15) is 5.82 Å². The molecule has 0 atom stereocenters. The minimum absolute atomic E-state index is 0.845. The van der Waals surface area contributed by atoms with Gasteiger partial charge in [-0.25, -0.2) is 0 Å². The van der Waals surface area contributed by atoms with E-state index >= 15 is 0 Å². The van der Waals surface area contributed by atoms with Crippen LogP contribution in [0.4, 0.5) is 0 Å². The quantitative estimate of drug-likeness (QED) is 0.666. The number of aromatic nitrogens is 3. The Morgan fingerprint density at radius 2 is 2.38 bits per heavy atom. The molecule has 0 radical (unpaired) electrons. The van der Waals surface area contributed by atoms with Gasteiger partial charge in [-0.2, -0.15) is 0 Å². The van der Waals surface area contributed by atoms with E-state index in [-0.39, 0.29) is 0 Å². The van der Waals surface area contributed by atoms with E-state index in [1.54, 1.807) is 6.33 Å². The van der Waals surface area contributed by atoms with E-state index in [0.29, 0.717) is 0 Å². The molecule has 74 valence electrons. The van der Waals surface area contributed by atoms with Gasteiger partial charge in [0.05, 0.1) is 6.54 Å². The van der Waals surface area contributed by atoms with Crippen LogP contribution in [-0.2, 0) is 13.6 Å².